The molecule has 20 heavy (non-hydrogen) atoms. The van der Waals surface area contributed by atoms with Crippen LogP contribution in [0.4, 0.5) is 5.82 Å². The van der Waals surface area contributed by atoms with E-state index in [0.717, 1.165) is 31.0 Å². The van der Waals surface area contributed by atoms with Gasteiger partial charge in [0.1, 0.15) is 5.82 Å². The van der Waals surface area contributed by atoms with Crippen molar-refractivity contribution in [1.29, 1.82) is 0 Å². The van der Waals surface area contributed by atoms with E-state index in [0.29, 0.717) is 5.25 Å². The molecule has 0 bridgehead atoms. The van der Waals surface area contributed by atoms with E-state index >= 15 is 0 Å². The van der Waals surface area contributed by atoms with Gasteiger partial charge in [-0.2, -0.15) is 11.8 Å². The fourth-order valence-corrected chi connectivity index (χ4v) is 3.77. The van der Waals surface area contributed by atoms with Gasteiger partial charge < -0.3 is 10.2 Å². The van der Waals surface area contributed by atoms with Crippen LogP contribution in [0.25, 0.3) is 10.9 Å². The summed E-state index contributed by atoms with van der Waals surface area (Å²) in [6, 6.07) is 10.7. The lowest BCUT2D eigenvalue weighted by Crippen LogP contribution is -2.38. The van der Waals surface area contributed by atoms with Gasteiger partial charge in [-0.05, 0) is 19.2 Å². The van der Waals surface area contributed by atoms with Crippen molar-refractivity contribution in [2.45, 2.75) is 18.7 Å². The largest absolute Gasteiger partial charge is 0.354 e. The summed E-state index contributed by atoms with van der Waals surface area (Å²) in [4.78, 5) is 7.37. The summed E-state index contributed by atoms with van der Waals surface area (Å²) in [7, 11) is 1.99. The van der Waals surface area contributed by atoms with Crippen LogP contribution in [0.3, 0.4) is 0 Å². The second-order valence-corrected chi connectivity index (χ2v) is 6.87. The number of fused-ring (bicyclic) bond motifs is 1. The zero-order valence-corrected chi connectivity index (χ0v) is 12.9. The molecule has 1 N–H and O–H groups in total. The monoisotopic (exact) mass is 287 g/mol. The normalized spacial score (nSPS) is 19.5. The molecule has 3 rings (SSSR count). The summed E-state index contributed by atoms with van der Waals surface area (Å²) >= 11 is 2.05. The lowest BCUT2D eigenvalue weighted by Gasteiger charge is -2.33. The highest BCUT2D eigenvalue weighted by Crippen LogP contribution is 2.28. The van der Waals surface area contributed by atoms with E-state index in [-0.39, 0.29) is 0 Å². The fraction of sp³-hybridized carbons (Fsp3) is 0.438. The molecule has 1 saturated heterocycles. The van der Waals surface area contributed by atoms with E-state index in [9.17, 15) is 0 Å². The molecule has 0 radical (unpaired) electrons. The first kappa shape index (κ1) is 13.7. The number of benzene rings is 1. The first-order valence-electron chi connectivity index (χ1n) is 7.18. The predicted molar refractivity (Wildman–Crippen MR) is 88.6 cm³/mol. The predicted octanol–water partition coefficient (Wildman–Crippen LogP) is 2.90. The number of pyridine rings is 1. The van der Waals surface area contributed by atoms with E-state index < -0.39 is 0 Å². The number of hydrogen-bond acceptors (Lipinski definition) is 4. The zero-order valence-electron chi connectivity index (χ0n) is 12.1. The zero-order chi connectivity index (χ0) is 13.9. The number of nitrogens with one attached hydrogen (secondary N) is 1. The van der Waals surface area contributed by atoms with Gasteiger partial charge in [-0.3, -0.25) is 0 Å². The number of thioether (sulfide) groups is 1. The third-order valence-electron chi connectivity index (χ3n) is 3.69. The van der Waals surface area contributed by atoms with Crippen molar-refractivity contribution < 1.29 is 0 Å². The lowest BCUT2D eigenvalue weighted by molar-refractivity contribution is 0.750. The minimum Gasteiger partial charge on any atom is -0.354 e. The van der Waals surface area contributed by atoms with Gasteiger partial charge in [0.05, 0.1) is 5.52 Å². The number of aromatic nitrogens is 1. The highest BCUT2D eigenvalue weighted by atomic mass is 32.2. The molecule has 2 aromatic rings. The minimum absolute atomic E-state index is 0.680. The third kappa shape index (κ3) is 2.76. The van der Waals surface area contributed by atoms with Crippen LogP contribution < -0.4 is 10.2 Å². The van der Waals surface area contributed by atoms with E-state index in [1.165, 1.54) is 16.7 Å². The highest BCUT2D eigenvalue weighted by Gasteiger charge is 2.20. The second kappa shape index (κ2) is 6.02. The van der Waals surface area contributed by atoms with Crippen molar-refractivity contribution in [1.82, 2.24) is 10.3 Å². The molecular weight excluding hydrogens is 266 g/mol. The summed E-state index contributed by atoms with van der Waals surface area (Å²) in [6.45, 7) is 5.35. The molecule has 0 aliphatic carbocycles. The van der Waals surface area contributed by atoms with Crippen LogP contribution in [0.1, 0.15) is 12.5 Å². The van der Waals surface area contributed by atoms with E-state index in [1.807, 2.05) is 7.05 Å². The molecule has 1 fully saturated rings. The Kier molecular flexibility index (Phi) is 4.13. The Morgan fingerprint density at radius 3 is 3.05 bits per heavy atom. The van der Waals surface area contributed by atoms with Crippen molar-refractivity contribution in [2.24, 2.45) is 0 Å². The summed E-state index contributed by atoms with van der Waals surface area (Å²) in [5.41, 5.74) is 2.39. The first-order valence-corrected chi connectivity index (χ1v) is 8.22. The van der Waals surface area contributed by atoms with Crippen molar-refractivity contribution in [3.63, 3.8) is 0 Å². The maximum atomic E-state index is 4.93. The average Bonchev–Trinajstić information content (AvgIpc) is 2.47. The number of rotatable bonds is 3. The Hall–Kier alpha value is -1.26. The number of anilines is 1. The molecule has 2 heterocycles. The SMILES string of the molecule is CNCc1cc2ccccc2nc1N1CCSC(C)C1. The molecule has 1 aliphatic heterocycles. The van der Waals surface area contributed by atoms with Crippen LogP contribution in [0.2, 0.25) is 0 Å². The standard InChI is InChI=1S/C16H21N3S/c1-12-11-19(7-8-20-12)16-14(10-17-2)9-13-5-3-4-6-15(13)18-16/h3-6,9,12,17H,7-8,10-11H2,1-2H3. The lowest BCUT2D eigenvalue weighted by atomic mass is 10.1. The maximum absolute atomic E-state index is 4.93. The summed E-state index contributed by atoms with van der Waals surface area (Å²) in [5, 5.41) is 5.17. The molecule has 106 valence electrons. The summed E-state index contributed by atoms with van der Waals surface area (Å²) in [5.74, 6) is 2.35. The Morgan fingerprint density at radius 2 is 2.25 bits per heavy atom. The molecule has 1 unspecified atom stereocenters. The van der Waals surface area contributed by atoms with Crippen LogP contribution in [0, 0.1) is 0 Å². The molecule has 1 aliphatic rings. The number of nitrogens with zero attached hydrogens (tertiary/aromatic N) is 2. The molecule has 1 aromatic carbocycles. The number of hydrogen-bond donors (Lipinski definition) is 1. The highest BCUT2D eigenvalue weighted by molar-refractivity contribution is 8.00. The van der Waals surface area contributed by atoms with Crippen LogP contribution in [0.5, 0.6) is 0 Å². The molecule has 0 amide bonds. The van der Waals surface area contributed by atoms with Crippen LogP contribution >= 0.6 is 11.8 Å². The molecule has 0 saturated carbocycles. The van der Waals surface area contributed by atoms with Gasteiger partial charge in [-0.1, -0.05) is 25.1 Å². The van der Waals surface area contributed by atoms with Crippen LogP contribution in [0.15, 0.2) is 30.3 Å². The Balaban J connectivity index is 2.04. The molecule has 1 atom stereocenters. The van der Waals surface area contributed by atoms with Gasteiger partial charge in [0, 0.05) is 41.6 Å². The smallest absolute Gasteiger partial charge is 0.133 e. The van der Waals surface area contributed by atoms with Gasteiger partial charge >= 0.3 is 0 Å². The Labute approximate surface area is 124 Å². The first-order chi connectivity index (χ1) is 9.78. The van der Waals surface area contributed by atoms with Crippen LogP contribution in [-0.4, -0.2) is 36.1 Å². The van der Waals surface area contributed by atoms with E-state index in [4.69, 9.17) is 4.98 Å². The third-order valence-corrected chi connectivity index (χ3v) is 4.82. The van der Waals surface area contributed by atoms with Gasteiger partial charge in [0.15, 0.2) is 0 Å². The topological polar surface area (TPSA) is 28.2 Å². The van der Waals surface area contributed by atoms with Crippen molar-refractivity contribution in [3.8, 4) is 0 Å². The van der Waals surface area contributed by atoms with Gasteiger partial charge in [0.25, 0.3) is 0 Å². The minimum atomic E-state index is 0.680. The molecular formula is C16H21N3S. The van der Waals surface area contributed by atoms with Crippen LogP contribution in [-0.2, 0) is 6.54 Å². The molecule has 1 aromatic heterocycles. The van der Waals surface area contributed by atoms with Gasteiger partial charge in [-0.25, -0.2) is 4.98 Å². The second-order valence-electron chi connectivity index (χ2n) is 5.32. The van der Waals surface area contributed by atoms with E-state index in [1.54, 1.807) is 0 Å². The molecule has 0 spiro atoms. The van der Waals surface area contributed by atoms with Crippen molar-refractivity contribution in [2.75, 3.05) is 30.8 Å². The summed E-state index contributed by atoms with van der Waals surface area (Å²) in [6.07, 6.45) is 0. The van der Waals surface area contributed by atoms with Crippen molar-refractivity contribution >= 4 is 28.5 Å². The quantitative estimate of drug-likeness (QED) is 0.939. The summed E-state index contributed by atoms with van der Waals surface area (Å²) < 4.78 is 0. The molecule has 4 heteroatoms. The molecule has 3 nitrogen and oxygen atoms in total. The Bertz CT molecular complexity index is 599. The van der Waals surface area contributed by atoms with Crippen molar-refractivity contribution in [3.05, 3.63) is 35.9 Å². The fourth-order valence-electron chi connectivity index (χ4n) is 2.75. The van der Waals surface area contributed by atoms with Gasteiger partial charge in [-0.15, -0.1) is 0 Å². The average molecular weight is 287 g/mol. The number of para-hydroxylation sites is 1. The van der Waals surface area contributed by atoms with E-state index in [2.05, 4.69) is 59.2 Å². The maximum Gasteiger partial charge on any atom is 0.133 e. The Morgan fingerprint density at radius 1 is 1.40 bits per heavy atom. The van der Waals surface area contributed by atoms with Gasteiger partial charge in [0.2, 0.25) is 0 Å².